The lowest BCUT2D eigenvalue weighted by molar-refractivity contribution is 0.0190. The molecule has 0 N–H and O–H groups in total. The van der Waals surface area contributed by atoms with Gasteiger partial charge in [0.2, 0.25) is 0 Å². The lowest BCUT2D eigenvalue weighted by Crippen LogP contribution is -2.13. The SMILES string of the molecule is CCCCC1CCC2(CC2c2ccccc2)O1. The molecular formula is C16H22O. The molecule has 1 heteroatoms. The molecule has 17 heavy (non-hydrogen) atoms. The summed E-state index contributed by atoms with van der Waals surface area (Å²) in [6.45, 7) is 2.26. The summed E-state index contributed by atoms with van der Waals surface area (Å²) in [6.07, 6.45) is 8.22. The minimum absolute atomic E-state index is 0.236. The molecule has 2 aliphatic rings. The van der Waals surface area contributed by atoms with Crippen molar-refractivity contribution >= 4 is 0 Å². The zero-order chi connectivity index (χ0) is 11.7. The molecule has 3 unspecified atom stereocenters. The Hall–Kier alpha value is -0.820. The molecule has 92 valence electrons. The van der Waals surface area contributed by atoms with Crippen molar-refractivity contribution in [1.82, 2.24) is 0 Å². The van der Waals surface area contributed by atoms with E-state index in [4.69, 9.17) is 4.74 Å². The van der Waals surface area contributed by atoms with Crippen molar-refractivity contribution in [3.05, 3.63) is 35.9 Å². The standard InChI is InChI=1S/C16H22O/c1-2-3-9-14-10-11-16(17-14)12-15(16)13-7-5-4-6-8-13/h4-8,14-15H,2-3,9-12H2,1H3. The summed E-state index contributed by atoms with van der Waals surface area (Å²) < 4.78 is 6.33. The van der Waals surface area contributed by atoms with Gasteiger partial charge in [-0.05, 0) is 31.2 Å². The van der Waals surface area contributed by atoms with Crippen LogP contribution < -0.4 is 0 Å². The molecule has 0 amide bonds. The van der Waals surface area contributed by atoms with Gasteiger partial charge in [-0.2, -0.15) is 0 Å². The van der Waals surface area contributed by atoms with E-state index in [-0.39, 0.29) is 5.60 Å². The Kier molecular flexibility index (Phi) is 2.96. The maximum Gasteiger partial charge on any atom is 0.0763 e. The van der Waals surface area contributed by atoms with Crippen LogP contribution in [-0.2, 0) is 4.74 Å². The summed E-state index contributed by atoms with van der Waals surface area (Å²) in [4.78, 5) is 0. The lowest BCUT2D eigenvalue weighted by Gasteiger charge is -2.13. The van der Waals surface area contributed by atoms with Gasteiger partial charge < -0.3 is 4.74 Å². The fourth-order valence-electron chi connectivity index (χ4n) is 3.29. The van der Waals surface area contributed by atoms with Crippen LogP contribution in [0.3, 0.4) is 0 Å². The summed E-state index contributed by atoms with van der Waals surface area (Å²) in [5.41, 5.74) is 1.71. The van der Waals surface area contributed by atoms with Gasteiger partial charge in [0.05, 0.1) is 11.7 Å². The number of hydrogen-bond acceptors (Lipinski definition) is 1. The monoisotopic (exact) mass is 230 g/mol. The highest BCUT2D eigenvalue weighted by atomic mass is 16.5. The average Bonchev–Trinajstić information content (AvgIpc) is 2.92. The maximum atomic E-state index is 6.33. The van der Waals surface area contributed by atoms with E-state index in [1.807, 2.05) is 0 Å². The normalized spacial score (nSPS) is 35.4. The minimum atomic E-state index is 0.236. The van der Waals surface area contributed by atoms with E-state index in [0.29, 0.717) is 12.0 Å². The van der Waals surface area contributed by atoms with Crippen LogP contribution in [0.4, 0.5) is 0 Å². The smallest absolute Gasteiger partial charge is 0.0763 e. The van der Waals surface area contributed by atoms with Crippen molar-refractivity contribution in [2.45, 2.75) is 63.1 Å². The average molecular weight is 230 g/mol. The van der Waals surface area contributed by atoms with Crippen molar-refractivity contribution in [2.24, 2.45) is 0 Å². The van der Waals surface area contributed by atoms with Crippen molar-refractivity contribution < 1.29 is 4.74 Å². The molecule has 1 saturated heterocycles. The molecule has 1 aliphatic heterocycles. The maximum absolute atomic E-state index is 6.33. The van der Waals surface area contributed by atoms with E-state index in [1.165, 1.54) is 44.1 Å². The molecule has 1 aromatic carbocycles. The fraction of sp³-hybridized carbons (Fsp3) is 0.625. The van der Waals surface area contributed by atoms with Gasteiger partial charge in [0, 0.05) is 5.92 Å². The number of benzene rings is 1. The number of ether oxygens (including phenoxy) is 1. The topological polar surface area (TPSA) is 9.23 Å². The van der Waals surface area contributed by atoms with Crippen molar-refractivity contribution in [1.29, 1.82) is 0 Å². The molecule has 1 nitrogen and oxygen atoms in total. The van der Waals surface area contributed by atoms with Gasteiger partial charge in [-0.1, -0.05) is 50.1 Å². The largest absolute Gasteiger partial charge is 0.371 e. The molecule has 3 atom stereocenters. The summed E-state index contributed by atoms with van der Waals surface area (Å²) in [5.74, 6) is 0.676. The highest BCUT2D eigenvalue weighted by molar-refractivity contribution is 5.32. The van der Waals surface area contributed by atoms with Gasteiger partial charge >= 0.3 is 0 Å². The van der Waals surface area contributed by atoms with Gasteiger partial charge in [0.25, 0.3) is 0 Å². The number of rotatable bonds is 4. The quantitative estimate of drug-likeness (QED) is 0.750. The second-order valence-electron chi connectivity index (χ2n) is 5.65. The third-order valence-corrected chi connectivity index (χ3v) is 4.40. The second-order valence-corrected chi connectivity index (χ2v) is 5.65. The molecule has 1 heterocycles. The van der Waals surface area contributed by atoms with Crippen molar-refractivity contribution in [3.8, 4) is 0 Å². The third kappa shape index (κ3) is 2.13. The summed E-state index contributed by atoms with van der Waals surface area (Å²) in [6, 6.07) is 10.9. The first kappa shape index (κ1) is 11.3. The highest BCUT2D eigenvalue weighted by Crippen LogP contribution is 2.60. The van der Waals surface area contributed by atoms with Crippen LogP contribution in [0.5, 0.6) is 0 Å². The Labute approximate surface area is 104 Å². The van der Waals surface area contributed by atoms with Crippen LogP contribution in [0, 0.1) is 0 Å². The zero-order valence-corrected chi connectivity index (χ0v) is 10.7. The third-order valence-electron chi connectivity index (χ3n) is 4.40. The first-order chi connectivity index (χ1) is 8.34. The van der Waals surface area contributed by atoms with Crippen LogP contribution in [0.25, 0.3) is 0 Å². The first-order valence-corrected chi connectivity index (χ1v) is 7.07. The molecule has 3 rings (SSSR count). The fourth-order valence-corrected chi connectivity index (χ4v) is 3.29. The van der Waals surface area contributed by atoms with Crippen LogP contribution in [0.1, 0.15) is 56.9 Å². The number of hydrogen-bond donors (Lipinski definition) is 0. The summed E-state index contributed by atoms with van der Waals surface area (Å²) in [7, 11) is 0. The van der Waals surface area contributed by atoms with Crippen molar-refractivity contribution in [2.75, 3.05) is 0 Å². The molecule has 2 fully saturated rings. The van der Waals surface area contributed by atoms with Crippen molar-refractivity contribution in [3.63, 3.8) is 0 Å². The first-order valence-electron chi connectivity index (χ1n) is 7.07. The zero-order valence-electron chi connectivity index (χ0n) is 10.7. The predicted molar refractivity (Wildman–Crippen MR) is 70.2 cm³/mol. The number of unbranched alkanes of at least 4 members (excludes halogenated alkanes) is 1. The summed E-state index contributed by atoms with van der Waals surface area (Å²) in [5, 5.41) is 0. The van der Waals surface area contributed by atoms with Gasteiger partial charge in [-0.15, -0.1) is 0 Å². The van der Waals surface area contributed by atoms with E-state index in [0.717, 1.165) is 0 Å². The van der Waals surface area contributed by atoms with Gasteiger partial charge in [-0.3, -0.25) is 0 Å². The molecule has 0 bridgehead atoms. The van der Waals surface area contributed by atoms with E-state index < -0.39 is 0 Å². The Balaban J connectivity index is 1.61. The molecule has 1 spiro atoms. The highest BCUT2D eigenvalue weighted by Gasteiger charge is 2.59. The molecular weight excluding hydrogens is 208 g/mol. The van der Waals surface area contributed by atoms with Crippen LogP contribution in [0.2, 0.25) is 0 Å². The van der Waals surface area contributed by atoms with E-state index in [2.05, 4.69) is 37.3 Å². The summed E-state index contributed by atoms with van der Waals surface area (Å²) >= 11 is 0. The van der Waals surface area contributed by atoms with Gasteiger partial charge in [-0.25, -0.2) is 0 Å². The van der Waals surface area contributed by atoms with Crippen LogP contribution in [-0.4, -0.2) is 11.7 Å². The molecule has 1 saturated carbocycles. The Morgan fingerprint density at radius 3 is 2.88 bits per heavy atom. The van der Waals surface area contributed by atoms with E-state index in [1.54, 1.807) is 0 Å². The van der Waals surface area contributed by atoms with E-state index in [9.17, 15) is 0 Å². The van der Waals surface area contributed by atoms with Gasteiger partial charge in [0.15, 0.2) is 0 Å². The predicted octanol–water partition coefficient (Wildman–Crippen LogP) is 4.28. The molecule has 1 aromatic rings. The molecule has 1 aliphatic carbocycles. The second kappa shape index (κ2) is 4.45. The van der Waals surface area contributed by atoms with Crippen LogP contribution in [0.15, 0.2) is 30.3 Å². The Morgan fingerprint density at radius 1 is 1.29 bits per heavy atom. The van der Waals surface area contributed by atoms with Crippen LogP contribution >= 0.6 is 0 Å². The van der Waals surface area contributed by atoms with E-state index >= 15 is 0 Å². The molecule has 0 aromatic heterocycles. The minimum Gasteiger partial charge on any atom is -0.371 e. The lowest BCUT2D eigenvalue weighted by atomic mass is 10.0. The Morgan fingerprint density at radius 2 is 2.12 bits per heavy atom. The molecule has 0 radical (unpaired) electrons. The van der Waals surface area contributed by atoms with Gasteiger partial charge in [0.1, 0.15) is 0 Å². The Bertz CT molecular complexity index is 372.